The second-order valence-corrected chi connectivity index (χ2v) is 23.3. The Morgan fingerprint density at radius 3 is 1.50 bits per heavy atom. The molecule has 0 aromatic carbocycles. The van der Waals surface area contributed by atoms with Gasteiger partial charge in [0.05, 0.1) is 0 Å². The summed E-state index contributed by atoms with van der Waals surface area (Å²) in [6.45, 7) is 14.5. The normalized spacial score (nSPS) is 16.6. The fraction of sp³-hybridized carbons (Fsp3) is 0.556. The second-order valence-electron chi connectivity index (χ2n) is 6.18. The Hall–Kier alpha value is 0.640. The van der Waals surface area contributed by atoms with Crippen LogP contribution in [0.15, 0.2) is 41.0 Å². The van der Waals surface area contributed by atoms with Crippen molar-refractivity contribution in [3.8, 4) is 0 Å². The van der Waals surface area contributed by atoms with Crippen molar-refractivity contribution in [1.29, 1.82) is 0 Å². The first-order chi connectivity index (χ1) is 9.51. The van der Waals surface area contributed by atoms with E-state index in [1.165, 1.54) is 25.7 Å². The molecule has 0 bridgehead atoms. The van der Waals surface area contributed by atoms with Gasteiger partial charge in [-0.3, -0.25) is 0 Å². The van der Waals surface area contributed by atoms with Crippen molar-refractivity contribution < 1.29 is 45.2 Å². The summed E-state index contributed by atoms with van der Waals surface area (Å²) < 4.78 is 3.91. The van der Waals surface area contributed by atoms with Gasteiger partial charge in [0, 0.05) is 0 Å². The molecule has 0 heterocycles. The molecule has 2 aliphatic rings. The molecule has 4 heteroatoms. The average molecular weight is 435 g/mol. The van der Waals surface area contributed by atoms with E-state index in [1.807, 2.05) is 6.56 Å². The van der Waals surface area contributed by atoms with Crippen molar-refractivity contribution in [3.63, 3.8) is 0 Å². The third-order valence-electron chi connectivity index (χ3n) is 4.72. The van der Waals surface area contributed by atoms with Crippen molar-refractivity contribution in [2.45, 2.75) is 66.5 Å². The van der Waals surface area contributed by atoms with Crippen LogP contribution in [-0.4, -0.2) is 5.43 Å². The predicted octanol–water partition coefficient (Wildman–Crippen LogP) is -0.108. The summed E-state index contributed by atoms with van der Waals surface area (Å²) in [4.78, 5) is 0. The Morgan fingerprint density at radius 1 is 0.864 bits per heavy atom. The summed E-state index contributed by atoms with van der Waals surface area (Å²) in [7, 11) is 0. The maximum absolute atomic E-state index is 2.58. The number of allylic oxidation sites excluding steroid dienone is 8. The van der Waals surface area contributed by atoms with Crippen LogP contribution in [-0.2, 0) is 20.4 Å². The Labute approximate surface area is 157 Å². The van der Waals surface area contributed by atoms with E-state index in [-0.39, 0.29) is 30.2 Å². The average Bonchev–Trinajstić information content (AvgIpc) is 2.94. The molecule has 0 saturated carbocycles. The van der Waals surface area contributed by atoms with Crippen LogP contribution in [0.1, 0.15) is 53.4 Å². The Kier molecular flexibility index (Phi) is 10.1. The topological polar surface area (TPSA) is 0 Å². The van der Waals surface area contributed by atoms with E-state index in [4.69, 9.17) is 0 Å². The standard InChI is InChI=1S/2C8H11.C2H6Si.2ClH.Zr/c2*1-3-8-6-4-5-7(8)2;1-3-2;;;/h2*5H,3-4H2,1-2H3;1-2H3;2*1H;/q;;;;;+2/p-2. The second kappa shape index (κ2) is 9.82. The van der Waals surface area contributed by atoms with E-state index >= 15 is 0 Å². The molecule has 2 aliphatic carbocycles. The smallest absolute Gasteiger partial charge is 1.00 e. The van der Waals surface area contributed by atoms with E-state index < -0.39 is 20.4 Å². The number of hydrogen-bond acceptors (Lipinski definition) is 0. The summed E-state index contributed by atoms with van der Waals surface area (Å²) in [6.07, 6.45) is 10.1. The summed E-state index contributed by atoms with van der Waals surface area (Å²) in [5, 5.41) is 0. The molecule has 0 amide bonds. The van der Waals surface area contributed by atoms with E-state index in [1.54, 1.807) is 22.3 Å². The SMILES string of the molecule is CCC1=[C]([Zr+2]([C]2=C(CC)C(C)=CC2)=[Si](C)C)CC=C1C.[Cl-].[Cl-]. The molecule has 0 nitrogen and oxygen atoms in total. The molecule has 2 rings (SSSR count). The van der Waals surface area contributed by atoms with Gasteiger partial charge in [-0.25, -0.2) is 0 Å². The van der Waals surface area contributed by atoms with E-state index in [2.05, 4.69) is 52.9 Å². The molecule has 22 heavy (non-hydrogen) atoms. The zero-order valence-corrected chi connectivity index (χ0v) is 19.7. The van der Waals surface area contributed by atoms with Crippen molar-refractivity contribution in [2.24, 2.45) is 0 Å². The first-order valence-electron chi connectivity index (χ1n) is 7.97. The zero-order chi connectivity index (χ0) is 14.9. The summed E-state index contributed by atoms with van der Waals surface area (Å²) in [5.74, 6) is 0. The molecule has 0 fully saturated rings. The summed E-state index contributed by atoms with van der Waals surface area (Å²) in [6, 6.07) is 0. The maximum Gasteiger partial charge on any atom is -1.00 e. The van der Waals surface area contributed by atoms with E-state index in [0.717, 1.165) is 0 Å². The minimum absolute atomic E-state index is 0. The minimum atomic E-state index is -1.57. The maximum atomic E-state index is 2.58. The van der Waals surface area contributed by atoms with Gasteiger partial charge >= 0.3 is 133 Å². The first-order valence-corrected chi connectivity index (χ1v) is 16.6. The number of rotatable bonds is 4. The molecule has 0 aromatic heterocycles. The van der Waals surface area contributed by atoms with Gasteiger partial charge in [-0.2, -0.15) is 0 Å². The van der Waals surface area contributed by atoms with Crippen LogP contribution in [0.3, 0.4) is 0 Å². The van der Waals surface area contributed by atoms with Gasteiger partial charge < -0.3 is 24.8 Å². The van der Waals surface area contributed by atoms with E-state index in [9.17, 15) is 0 Å². The van der Waals surface area contributed by atoms with Crippen LogP contribution in [0.5, 0.6) is 0 Å². The van der Waals surface area contributed by atoms with Gasteiger partial charge in [0.1, 0.15) is 0 Å². The van der Waals surface area contributed by atoms with Gasteiger partial charge in [0.2, 0.25) is 0 Å². The van der Waals surface area contributed by atoms with Crippen LogP contribution in [0.25, 0.3) is 0 Å². The molecule has 0 aromatic rings. The molecule has 0 saturated heterocycles. The Balaban J connectivity index is 0.00000220. The van der Waals surface area contributed by atoms with Crippen LogP contribution < -0.4 is 24.8 Å². The number of hydrogen-bond donors (Lipinski definition) is 0. The first kappa shape index (κ1) is 22.6. The molecule has 0 spiro atoms. The molecule has 0 N–H and O–H groups in total. The third kappa shape index (κ3) is 4.38. The molecular formula is C18H28Cl2SiZr. The van der Waals surface area contributed by atoms with Crippen LogP contribution >= 0.6 is 0 Å². The van der Waals surface area contributed by atoms with Crippen LogP contribution in [0.2, 0.25) is 13.1 Å². The Bertz CT molecular complexity index is 542. The van der Waals surface area contributed by atoms with Gasteiger partial charge in [0.15, 0.2) is 0 Å². The van der Waals surface area contributed by atoms with Crippen molar-refractivity contribution >= 4 is 5.43 Å². The van der Waals surface area contributed by atoms with Gasteiger partial charge in [-0.15, -0.1) is 0 Å². The largest absolute Gasteiger partial charge is 1.00 e. The van der Waals surface area contributed by atoms with Crippen molar-refractivity contribution in [1.82, 2.24) is 0 Å². The quantitative estimate of drug-likeness (QED) is 0.542. The molecular weight excluding hydrogens is 406 g/mol. The molecule has 0 radical (unpaired) electrons. The van der Waals surface area contributed by atoms with Crippen LogP contribution in [0.4, 0.5) is 0 Å². The van der Waals surface area contributed by atoms with E-state index in [0.29, 0.717) is 0 Å². The summed E-state index contributed by atoms with van der Waals surface area (Å²) >= 11 is -1.57. The fourth-order valence-corrected chi connectivity index (χ4v) is 22.6. The fourth-order valence-electron chi connectivity index (χ4n) is 3.76. The third-order valence-corrected chi connectivity index (χ3v) is 22.1. The van der Waals surface area contributed by atoms with Crippen molar-refractivity contribution in [2.75, 3.05) is 0 Å². The molecule has 0 atom stereocenters. The summed E-state index contributed by atoms with van der Waals surface area (Å²) in [5.41, 5.74) is 6.52. The van der Waals surface area contributed by atoms with Gasteiger partial charge in [0.25, 0.3) is 0 Å². The predicted molar refractivity (Wildman–Crippen MR) is 88.9 cm³/mol. The molecule has 0 aliphatic heterocycles. The molecule has 0 unspecified atom stereocenters. The van der Waals surface area contributed by atoms with Gasteiger partial charge in [-0.1, -0.05) is 0 Å². The monoisotopic (exact) mass is 432 g/mol. The molecule has 122 valence electrons. The van der Waals surface area contributed by atoms with Gasteiger partial charge in [-0.05, 0) is 0 Å². The number of halogens is 2. The van der Waals surface area contributed by atoms with Crippen molar-refractivity contribution in [3.05, 3.63) is 41.0 Å². The zero-order valence-electron chi connectivity index (χ0n) is 14.7. The Morgan fingerprint density at radius 2 is 1.23 bits per heavy atom. The minimum Gasteiger partial charge on any atom is -1.00 e. The van der Waals surface area contributed by atoms with Crippen LogP contribution in [0, 0.1) is 0 Å².